The van der Waals surface area contributed by atoms with Crippen molar-refractivity contribution in [3.05, 3.63) is 71.8 Å². The van der Waals surface area contributed by atoms with Crippen molar-refractivity contribution in [2.45, 2.75) is 12.3 Å². The van der Waals surface area contributed by atoms with E-state index in [4.69, 9.17) is 0 Å². The third kappa shape index (κ3) is 1.95. The number of carbonyl (C=O) groups excluding carboxylic acids is 1. The van der Waals surface area contributed by atoms with Crippen molar-refractivity contribution < 1.29 is 9.90 Å². The van der Waals surface area contributed by atoms with Crippen LogP contribution in [0.5, 0.6) is 0 Å². The SMILES string of the molecule is CC(=O)C(CO)(c1ccccc1)c1ccccc1. The van der Waals surface area contributed by atoms with Crippen molar-refractivity contribution in [1.29, 1.82) is 0 Å². The van der Waals surface area contributed by atoms with Gasteiger partial charge in [-0.1, -0.05) is 60.7 Å². The second-order valence-corrected chi connectivity index (χ2v) is 4.35. The van der Waals surface area contributed by atoms with E-state index in [-0.39, 0.29) is 12.4 Å². The van der Waals surface area contributed by atoms with E-state index in [2.05, 4.69) is 0 Å². The Morgan fingerprint density at radius 2 is 1.33 bits per heavy atom. The van der Waals surface area contributed by atoms with Crippen LogP contribution in [-0.2, 0) is 10.2 Å². The second-order valence-electron chi connectivity index (χ2n) is 4.35. The maximum atomic E-state index is 12.1. The molecular weight excluding hydrogens is 224 g/mol. The lowest BCUT2D eigenvalue weighted by molar-refractivity contribution is -0.122. The first kappa shape index (κ1) is 12.5. The predicted molar refractivity (Wildman–Crippen MR) is 71.4 cm³/mol. The standard InChI is InChI=1S/C16H16O2/c1-13(18)16(12-17,14-8-4-2-5-9-14)15-10-6-3-7-11-15/h2-11,17H,12H2,1H3. The van der Waals surface area contributed by atoms with Crippen LogP contribution >= 0.6 is 0 Å². The number of rotatable bonds is 4. The maximum absolute atomic E-state index is 12.1. The van der Waals surface area contributed by atoms with E-state index in [1.54, 1.807) is 0 Å². The normalized spacial score (nSPS) is 11.2. The van der Waals surface area contributed by atoms with E-state index >= 15 is 0 Å². The fourth-order valence-corrected chi connectivity index (χ4v) is 2.31. The topological polar surface area (TPSA) is 37.3 Å². The fraction of sp³-hybridized carbons (Fsp3) is 0.188. The molecule has 0 aromatic heterocycles. The molecule has 0 aliphatic rings. The first-order chi connectivity index (χ1) is 8.71. The zero-order valence-electron chi connectivity index (χ0n) is 10.3. The molecule has 0 saturated heterocycles. The molecule has 2 nitrogen and oxygen atoms in total. The van der Waals surface area contributed by atoms with Crippen molar-refractivity contribution in [3.8, 4) is 0 Å². The highest BCUT2D eigenvalue weighted by Gasteiger charge is 2.38. The molecule has 2 heteroatoms. The first-order valence-corrected chi connectivity index (χ1v) is 5.95. The Morgan fingerprint density at radius 3 is 1.61 bits per heavy atom. The van der Waals surface area contributed by atoms with Gasteiger partial charge in [-0.15, -0.1) is 0 Å². The van der Waals surface area contributed by atoms with Gasteiger partial charge in [-0.2, -0.15) is 0 Å². The van der Waals surface area contributed by atoms with Crippen LogP contribution in [-0.4, -0.2) is 17.5 Å². The van der Waals surface area contributed by atoms with Gasteiger partial charge in [-0.05, 0) is 18.1 Å². The monoisotopic (exact) mass is 240 g/mol. The van der Waals surface area contributed by atoms with Crippen molar-refractivity contribution in [3.63, 3.8) is 0 Å². The lowest BCUT2D eigenvalue weighted by atomic mass is 9.72. The molecule has 0 heterocycles. The molecule has 0 fully saturated rings. The van der Waals surface area contributed by atoms with Gasteiger partial charge in [0.15, 0.2) is 0 Å². The van der Waals surface area contributed by atoms with E-state index in [0.717, 1.165) is 11.1 Å². The number of aliphatic hydroxyl groups is 1. The van der Waals surface area contributed by atoms with Crippen molar-refractivity contribution in [2.75, 3.05) is 6.61 Å². The number of aliphatic hydroxyl groups excluding tert-OH is 1. The molecule has 0 unspecified atom stereocenters. The Labute approximate surface area is 107 Å². The Kier molecular flexibility index (Phi) is 3.58. The zero-order valence-corrected chi connectivity index (χ0v) is 10.3. The van der Waals surface area contributed by atoms with Gasteiger partial charge in [0.25, 0.3) is 0 Å². The molecular formula is C16H16O2. The largest absolute Gasteiger partial charge is 0.395 e. The van der Waals surface area contributed by atoms with Gasteiger partial charge >= 0.3 is 0 Å². The highest BCUT2D eigenvalue weighted by molar-refractivity contribution is 5.92. The number of hydrogen-bond acceptors (Lipinski definition) is 2. The van der Waals surface area contributed by atoms with Crippen molar-refractivity contribution >= 4 is 5.78 Å². The predicted octanol–water partition coefficient (Wildman–Crippen LogP) is 2.55. The van der Waals surface area contributed by atoms with E-state index in [0.29, 0.717) is 0 Å². The number of carbonyl (C=O) groups is 1. The number of ketones is 1. The van der Waals surface area contributed by atoms with E-state index in [1.165, 1.54) is 6.92 Å². The summed E-state index contributed by atoms with van der Waals surface area (Å²) in [5.74, 6) is -0.0533. The van der Waals surface area contributed by atoms with Gasteiger partial charge in [0.2, 0.25) is 0 Å². The van der Waals surface area contributed by atoms with Crippen LogP contribution in [0.1, 0.15) is 18.1 Å². The minimum absolute atomic E-state index is 0.0533. The summed E-state index contributed by atoms with van der Waals surface area (Å²) in [6, 6.07) is 18.8. The summed E-state index contributed by atoms with van der Waals surface area (Å²) < 4.78 is 0. The lowest BCUT2D eigenvalue weighted by Crippen LogP contribution is -2.39. The van der Waals surface area contributed by atoms with E-state index in [9.17, 15) is 9.90 Å². The quantitative estimate of drug-likeness (QED) is 0.891. The summed E-state index contributed by atoms with van der Waals surface area (Å²) in [7, 11) is 0. The Balaban J connectivity index is 2.65. The molecule has 0 aliphatic carbocycles. The zero-order chi connectivity index (χ0) is 13.0. The molecule has 0 saturated carbocycles. The molecule has 2 aromatic carbocycles. The molecule has 0 amide bonds. The second kappa shape index (κ2) is 5.15. The molecule has 1 N–H and O–H groups in total. The van der Waals surface area contributed by atoms with Gasteiger partial charge in [0.1, 0.15) is 11.2 Å². The van der Waals surface area contributed by atoms with E-state index in [1.807, 2.05) is 60.7 Å². The van der Waals surface area contributed by atoms with Crippen LogP contribution in [0.25, 0.3) is 0 Å². The van der Waals surface area contributed by atoms with Gasteiger partial charge in [0.05, 0.1) is 6.61 Å². The Morgan fingerprint density at radius 1 is 0.944 bits per heavy atom. The summed E-state index contributed by atoms with van der Waals surface area (Å²) in [6.07, 6.45) is 0. The summed E-state index contributed by atoms with van der Waals surface area (Å²) in [5, 5.41) is 9.83. The lowest BCUT2D eigenvalue weighted by Gasteiger charge is -2.30. The van der Waals surface area contributed by atoms with Crippen LogP contribution < -0.4 is 0 Å². The molecule has 18 heavy (non-hydrogen) atoms. The molecule has 0 atom stereocenters. The van der Waals surface area contributed by atoms with Gasteiger partial charge in [0, 0.05) is 0 Å². The molecule has 0 radical (unpaired) electrons. The van der Waals surface area contributed by atoms with E-state index < -0.39 is 5.41 Å². The van der Waals surface area contributed by atoms with Gasteiger partial charge in [-0.3, -0.25) is 4.79 Å². The van der Waals surface area contributed by atoms with Crippen LogP contribution in [0.3, 0.4) is 0 Å². The molecule has 2 rings (SSSR count). The smallest absolute Gasteiger partial charge is 0.147 e. The van der Waals surface area contributed by atoms with Crippen molar-refractivity contribution in [2.24, 2.45) is 0 Å². The summed E-state index contributed by atoms with van der Waals surface area (Å²) in [5.41, 5.74) is 0.695. The number of benzene rings is 2. The molecule has 0 bridgehead atoms. The van der Waals surface area contributed by atoms with Crippen LogP contribution in [0.2, 0.25) is 0 Å². The first-order valence-electron chi connectivity index (χ1n) is 5.95. The third-order valence-electron chi connectivity index (χ3n) is 3.37. The summed E-state index contributed by atoms with van der Waals surface area (Å²) in [4.78, 5) is 12.1. The minimum Gasteiger partial charge on any atom is -0.395 e. The third-order valence-corrected chi connectivity index (χ3v) is 3.37. The van der Waals surface area contributed by atoms with Crippen LogP contribution in [0, 0.1) is 0 Å². The van der Waals surface area contributed by atoms with Crippen LogP contribution in [0.4, 0.5) is 0 Å². The molecule has 92 valence electrons. The average Bonchev–Trinajstić information content (AvgIpc) is 2.42. The number of hydrogen-bond donors (Lipinski definition) is 1. The summed E-state index contributed by atoms with van der Waals surface area (Å²) in [6.45, 7) is 1.30. The Bertz CT molecular complexity index is 478. The van der Waals surface area contributed by atoms with Gasteiger partial charge in [-0.25, -0.2) is 0 Å². The highest BCUT2D eigenvalue weighted by atomic mass is 16.3. The molecule has 0 aliphatic heterocycles. The summed E-state index contributed by atoms with van der Waals surface area (Å²) >= 11 is 0. The highest BCUT2D eigenvalue weighted by Crippen LogP contribution is 2.32. The molecule has 0 spiro atoms. The number of Topliss-reactive ketones (excluding diaryl/α,β-unsaturated/α-hetero) is 1. The Hall–Kier alpha value is -1.93. The van der Waals surface area contributed by atoms with Crippen LogP contribution in [0.15, 0.2) is 60.7 Å². The minimum atomic E-state index is -0.956. The fourth-order valence-electron chi connectivity index (χ4n) is 2.31. The maximum Gasteiger partial charge on any atom is 0.147 e. The van der Waals surface area contributed by atoms with Crippen molar-refractivity contribution in [1.82, 2.24) is 0 Å². The molecule has 2 aromatic rings. The average molecular weight is 240 g/mol. The van der Waals surface area contributed by atoms with Gasteiger partial charge < -0.3 is 5.11 Å².